The number of urea groups is 1. The molecule has 3 aromatic rings. The topological polar surface area (TPSA) is 77.1 Å². The first-order valence-electron chi connectivity index (χ1n) is 10.8. The maximum atomic E-state index is 13.4. The van der Waals surface area contributed by atoms with Gasteiger partial charge in [0.25, 0.3) is 0 Å². The number of rotatable bonds is 6. The first kappa shape index (κ1) is 23.7. The number of ether oxygens (including phenoxy) is 3. The minimum absolute atomic E-state index is 0.243. The molecular weight excluding hydrogens is 459 g/mol. The van der Waals surface area contributed by atoms with Gasteiger partial charge in [0.15, 0.2) is 0 Å². The molecule has 0 saturated carbocycles. The lowest BCUT2D eigenvalue weighted by atomic mass is 10.1. The van der Waals surface area contributed by atoms with Gasteiger partial charge in [0.1, 0.15) is 23.1 Å². The number of nitrogens with zero attached hydrogens (tertiary/aromatic N) is 1. The van der Waals surface area contributed by atoms with Crippen molar-refractivity contribution in [3.8, 4) is 5.75 Å². The van der Waals surface area contributed by atoms with Gasteiger partial charge in [0.2, 0.25) is 0 Å². The molecule has 4 rings (SSSR count). The van der Waals surface area contributed by atoms with Crippen LogP contribution >= 0.6 is 11.3 Å². The van der Waals surface area contributed by atoms with Crippen LogP contribution in [0, 0.1) is 5.82 Å². The highest BCUT2D eigenvalue weighted by atomic mass is 32.1. The van der Waals surface area contributed by atoms with Crippen molar-refractivity contribution in [2.75, 3.05) is 25.6 Å². The van der Waals surface area contributed by atoms with E-state index in [2.05, 4.69) is 5.32 Å². The fraction of sp³-hybridized carbons (Fsp3) is 0.280. The van der Waals surface area contributed by atoms with Crippen LogP contribution in [0.4, 0.5) is 14.9 Å². The number of amides is 2. The summed E-state index contributed by atoms with van der Waals surface area (Å²) in [5.74, 6) is -0.0793. The van der Waals surface area contributed by atoms with Crippen molar-refractivity contribution in [3.63, 3.8) is 0 Å². The molecule has 2 heterocycles. The van der Waals surface area contributed by atoms with E-state index in [1.807, 2.05) is 31.2 Å². The lowest BCUT2D eigenvalue weighted by Gasteiger charge is -2.21. The molecule has 1 atom stereocenters. The first-order valence-corrected chi connectivity index (χ1v) is 11.7. The van der Waals surface area contributed by atoms with Crippen LogP contribution in [0.5, 0.6) is 5.75 Å². The van der Waals surface area contributed by atoms with E-state index < -0.39 is 5.97 Å². The quantitative estimate of drug-likeness (QED) is 0.476. The Morgan fingerprint density at radius 3 is 2.88 bits per heavy atom. The van der Waals surface area contributed by atoms with Crippen LogP contribution in [-0.2, 0) is 22.6 Å². The number of esters is 1. The number of nitrogens with one attached hydrogen (secondary N) is 1. The van der Waals surface area contributed by atoms with Crippen molar-refractivity contribution in [1.29, 1.82) is 0 Å². The maximum absolute atomic E-state index is 13.4. The second kappa shape index (κ2) is 10.7. The smallest absolute Gasteiger partial charge is 0.350 e. The third kappa shape index (κ3) is 5.55. The summed E-state index contributed by atoms with van der Waals surface area (Å²) in [5, 5.41) is 4.52. The minimum Gasteiger partial charge on any atom is -0.491 e. The standard InChI is InChI=1S/C25H25FN2O5S/c1-16(33-15-17-4-3-5-20(26)12-17)18-6-7-22-19(13-18)14-28(9-10-32-22)25(30)27-21-8-11-34-23(21)24(29)31-2/h3-8,11-13,16H,9-10,14-15H2,1-2H3,(H,27,30)/t16-/m0/s1. The van der Waals surface area contributed by atoms with Gasteiger partial charge in [0.05, 0.1) is 38.6 Å². The number of carbonyl (C=O) groups is 2. The number of halogens is 1. The van der Waals surface area contributed by atoms with Crippen LogP contribution < -0.4 is 10.1 Å². The van der Waals surface area contributed by atoms with E-state index in [9.17, 15) is 14.0 Å². The average molecular weight is 485 g/mol. The first-order chi connectivity index (χ1) is 16.4. The number of hydrogen-bond donors (Lipinski definition) is 1. The Balaban J connectivity index is 1.44. The summed E-state index contributed by atoms with van der Waals surface area (Å²) in [5.41, 5.74) is 2.95. The molecule has 2 aromatic carbocycles. The van der Waals surface area contributed by atoms with Gasteiger partial charge >= 0.3 is 12.0 Å². The largest absolute Gasteiger partial charge is 0.491 e. The Hall–Kier alpha value is -3.43. The van der Waals surface area contributed by atoms with Gasteiger partial charge in [0, 0.05) is 5.56 Å². The van der Waals surface area contributed by atoms with Crippen LogP contribution in [0.2, 0.25) is 0 Å². The fourth-order valence-electron chi connectivity index (χ4n) is 3.64. The zero-order valence-electron chi connectivity index (χ0n) is 18.9. The number of carbonyl (C=O) groups excluding carboxylic acids is 2. The highest BCUT2D eigenvalue weighted by molar-refractivity contribution is 7.12. The van der Waals surface area contributed by atoms with Crippen molar-refractivity contribution in [1.82, 2.24) is 4.90 Å². The Kier molecular flexibility index (Phi) is 7.44. The summed E-state index contributed by atoms with van der Waals surface area (Å²) in [6, 6.07) is 13.4. The van der Waals surface area contributed by atoms with Crippen LogP contribution in [0.1, 0.15) is 39.4 Å². The summed E-state index contributed by atoms with van der Waals surface area (Å²) >= 11 is 1.21. The predicted octanol–water partition coefficient (Wildman–Crippen LogP) is 5.38. The summed E-state index contributed by atoms with van der Waals surface area (Å²) in [7, 11) is 1.30. The molecule has 0 spiro atoms. The van der Waals surface area contributed by atoms with Crippen LogP contribution in [0.15, 0.2) is 53.9 Å². The Morgan fingerprint density at radius 1 is 1.24 bits per heavy atom. The molecule has 1 aliphatic rings. The van der Waals surface area contributed by atoms with Crippen LogP contribution in [0.3, 0.4) is 0 Å². The van der Waals surface area contributed by atoms with Crippen LogP contribution in [0.25, 0.3) is 0 Å². The molecule has 178 valence electrons. The Morgan fingerprint density at radius 2 is 2.09 bits per heavy atom. The van der Waals surface area contributed by atoms with E-state index in [0.29, 0.717) is 36.0 Å². The summed E-state index contributed by atoms with van der Waals surface area (Å²) in [4.78, 5) is 26.8. The van der Waals surface area contributed by atoms with Gasteiger partial charge in [-0.3, -0.25) is 0 Å². The third-order valence-electron chi connectivity index (χ3n) is 5.49. The molecular formula is C25H25FN2O5S. The fourth-order valence-corrected chi connectivity index (χ4v) is 4.40. The van der Waals surface area contributed by atoms with E-state index in [0.717, 1.165) is 16.7 Å². The molecule has 2 amide bonds. The molecule has 0 unspecified atom stereocenters. The molecule has 1 aromatic heterocycles. The second-order valence-electron chi connectivity index (χ2n) is 7.81. The second-order valence-corrected chi connectivity index (χ2v) is 8.72. The highest BCUT2D eigenvalue weighted by Crippen LogP contribution is 2.29. The Labute approximate surface area is 201 Å². The molecule has 0 bridgehead atoms. The normalized spacial score (nSPS) is 13.9. The monoisotopic (exact) mass is 484 g/mol. The average Bonchev–Trinajstić information content (AvgIpc) is 3.18. The zero-order chi connectivity index (χ0) is 24.1. The van der Waals surface area contributed by atoms with Crippen molar-refractivity contribution in [2.45, 2.75) is 26.2 Å². The molecule has 1 aliphatic heterocycles. The summed E-state index contributed by atoms with van der Waals surface area (Å²) in [6.45, 7) is 3.28. The molecule has 0 saturated heterocycles. The highest BCUT2D eigenvalue weighted by Gasteiger charge is 2.23. The van der Waals surface area contributed by atoms with E-state index in [4.69, 9.17) is 14.2 Å². The SMILES string of the molecule is COC(=O)c1sccc1NC(=O)N1CCOc2ccc([C@H](C)OCc3cccc(F)c3)cc2C1. The molecule has 34 heavy (non-hydrogen) atoms. The van der Waals surface area contributed by atoms with Gasteiger partial charge in [-0.1, -0.05) is 18.2 Å². The van der Waals surface area contributed by atoms with E-state index in [-0.39, 0.29) is 24.6 Å². The summed E-state index contributed by atoms with van der Waals surface area (Å²) in [6.07, 6.45) is -0.243. The minimum atomic E-state index is -0.494. The van der Waals surface area contributed by atoms with Gasteiger partial charge in [-0.15, -0.1) is 11.3 Å². The number of benzene rings is 2. The number of fused-ring (bicyclic) bond motifs is 1. The maximum Gasteiger partial charge on any atom is 0.350 e. The van der Waals surface area contributed by atoms with Crippen molar-refractivity contribution < 1.29 is 28.2 Å². The van der Waals surface area contributed by atoms with E-state index >= 15 is 0 Å². The number of anilines is 1. The van der Waals surface area contributed by atoms with Gasteiger partial charge in [-0.2, -0.15) is 0 Å². The molecule has 1 N–H and O–H groups in total. The predicted molar refractivity (Wildman–Crippen MR) is 127 cm³/mol. The lowest BCUT2D eigenvalue weighted by Crippen LogP contribution is -2.36. The zero-order valence-corrected chi connectivity index (χ0v) is 19.7. The van der Waals surface area contributed by atoms with Gasteiger partial charge < -0.3 is 24.4 Å². The van der Waals surface area contributed by atoms with E-state index in [1.165, 1.54) is 30.6 Å². The van der Waals surface area contributed by atoms with E-state index in [1.54, 1.807) is 22.4 Å². The molecule has 9 heteroatoms. The lowest BCUT2D eigenvalue weighted by molar-refractivity contribution is 0.0523. The molecule has 0 fully saturated rings. The Bertz CT molecular complexity index is 1180. The van der Waals surface area contributed by atoms with Crippen molar-refractivity contribution in [3.05, 3.63) is 81.3 Å². The van der Waals surface area contributed by atoms with Crippen LogP contribution in [-0.4, -0.2) is 37.2 Å². The van der Waals surface area contributed by atoms with Gasteiger partial charge in [-0.05, 0) is 53.8 Å². The summed E-state index contributed by atoms with van der Waals surface area (Å²) < 4.78 is 30.0. The number of hydrogen-bond acceptors (Lipinski definition) is 6. The molecule has 0 radical (unpaired) electrons. The number of thiophene rings is 1. The molecule has 7 nitrogen and oxygen atoms in total. The third-order valence-corrected chi connectivity index (χ3v) is 6.38. The number of methoxy groups -OCH3 is 1. The van der Waals surface area contributed by atoms with Crippen molar-refractivity contribution >= 4 is 29.0 Å². The molecule has 0 aliphatic carbocycles. The van der Waals surface area contributed by atoms with Crippen molar-refractivity contribution in [2.24, 2.45) is 0 Å². The van der Waals surface area contributed by atoms with Gasteiger partial charge in [-0.25, -0.2) is 14.0 Å².